The topological polar surface area (TPSA) is 8.17 Å². The van der Waals surface area contributed by atoms with Crippen molar-refractivity contribution in [1.82, 2.24) is 4.57 Å². The number of nitrogens with zero attached hydrogens (tertiary/aromatic N) is 2. The van der Waals surface area contributed by atoms with Crippen molar-refractivity contribution in [2.45, 2.75) is 0 Å². The van der Waals surface area contributed by atoms with Crippen molar-refractivity contribution >= 4 is 38.7 Å². The average Bonchev–Trinajstić information content (AvgIpc) is 3.64. The van der Waals surface area contributed by atoms with Crippen LogP contribution in [0.5, 0.6) is 0 Å². The quantitative estimate of drug-likeness (QED) is 0.169. The Kier molecular flexibility index (Phi) is 7.53. The molecule has 0 radical (unpaired) electrons. The highest BCUT2D eigenvalue weighted by Crippen LogP contribution is 2.42. The van der Waals surface area contributed by atoms with Crippen LogP contribution >= 0.6 is 0 Å². The van der Waals surface area contributed by atoms with Gasteiger partial charge in [0.05, 0.1) is 11.2 Å². The third-order valence-corrected chi connectivity index (χ3v) is 9.62. The van der Waals surface area contributed by atoms with Gasteiger partial charge in [-0.05, 0) is 105 Å². The number of hydrogen-bond acceptors (Lipinski definition) is 1. The van der Waals surface area contributed by atoms with Crippen LogP contribution in [0.15, 0.2) is 206 Å². The summed E-state index contributed by atoms with van der Waals surface area (Å²) < 4.78 is 2.25. The van der Waals surface area contributed by atoms with Crippen molar-refractivity contribution in [3.8, 4) is 39.1 Å². The molecule has 1 heterocycles. The lowest BCUT2D eigenvalue weighted by Crippen LogP contribution is -2.10. The van der Waals surface area contributed by atoms with Crippen LogP contribution in [-0.2, 0) is 0 Å². The first-order valence-corrected chi connectivity index (χ1v) is 17.1. The fourth-order valence-corrected chi connectivity index (χ4v) is 7.06. The van der Waals surface area contributed by atoms with Crippen LogP contribution in [-0.4, -0.2) is 4.57 Å². The van der Waals surface area contributed by atoms with E-state index < -0.39 is 0 Å². The summed E-state index contributed by atoms with van der Waals surface area (Å²) in [7, 11) is 0. The zero-order valence-corrected chi connectivity index (χ0v) is 27.5. The molecule has 0 saturated heterocycles. The van der Waals surface area contributed by atoms with Gasteiger partial charge in [-0.3, -0.25) is 0 Å². The number of hydrogen-bond donors (Lipinski definition) is 0. The van der Waals surface area contributed by atoms with Gasteiger partial charge in [-0.1, -0.05) is 140 Å². The summed E-state index contributed by atoms with van der Waals surface area (Å²) in [5.41, 5.74) is 12.9. The zero-order valence-electron chi connectivity index (χ0n) is 27.5. The summed E-state index contributed by atoms with van der Waals surface area (Å²) in [6, 6.07) is 72.0. The van der Waals surface area contributed by atoms with Gasteiger partial charge in [-0.2, -0.15) is 0 Å². The van der Waals surface area contributed by atoms with Gasteiger partial charge in [-0.25, -0.2) is 0 Å². The maximum atomic E-state index is 2.40. The van der Waals surface area contributed by atoms with E-state index in [1.54, 1.807) is 0 Å². The molecule has 9 aromatic rings. The van der Waals surface area contributed by atoms with E-state index in [9.17, 15) is 0 Å². The van der Waals surface area contributed by atoms with Gasteiger partial charge < -0.3 is 9.47 Å². The maximum Gasteiger partial charge on any atom is 0.0546 e. The fourth-order valence-electron chi connectivity index (χ4n) is 7.06. The van der Waals surface area contributed by atoms with E-state index in [1.807, 2.05) is 0 Å². The molecule has 0 N–H and O–H groups in total. The second-order valence-electron chi connectivity index (χ2n) is 12.7. The van der Waals surface area contributed by atoms with Crippen molar-refractivity contribution in [3.05, 3.63) is 206 Å². The Balaban J connectivity index is 1.17. The summed E-state index contributed by atoms with van der Waals surface area (Å²) in [6.07, 6.45) is 2.15. The van der Waals surface area contributed by atoms with Gasteiger partial charge in [-0.15, -0.1) is 0 Å². The standard InChI is InChI=1S/C48H34N2/c1-3-11-35(12-4-1)37-21-27-44(28-22-37)50(45-29-23-38(24-30-45)36-13-5-2-6-14-36)48-34-42(33-41-16-7-9-17-46(41)48)39-19-25-43(26-20-39)49-32-31-40-15-8-10-18-47(40)49/h1-34H. The van der Waals surface area contributed by atoms with E-state index in [0.29, 0.717) is 0 Å². The van der Waals surface area contributed by atoms with Crippen LogP contribution in [0.2, 0.25) is 0 Å². The van der Waals surface area contributed by atoms with Gasteiger partial charge >= 0.3 is 0 Å². The molecular formula is C48H34N2. The van der Waals surface area contributed by atoms with Gasteiger partial charge in [0.1, 0.15) is 0 Å². The molecule has 0 bridgehead atoms. The van der Waals surface area contributed by atoms with Crippen LogP contribution in [0.1, 0.15) is 0 Å². The third kappa shape index (κ3) is 5.53. The SMILES string of the molecule is c1ccc(-c2ccc(N(c3ccc(-c4ccccc4)cc3)c3cc(-c4ccc(-n5ccc6ccccc65)cc4)cc4ccccc34)cc2)cc1. The minimum atomic E-state index is 1.11. The van der Waals surface area contributed by atoms with Crippen LogP contribution in [0, 0.1) is 0 Å². The molecule has 0 saturated carbocycles. The zero-order chi connectivity index (χ0) is 33.3. The summed E-state index contributed by atoms with van der Waals surface area (Å²) in [5, 5.41) is 3.64. The van der Waals surface area contributed by atoms with E-state index in [1.165, 1.54) is 55.1 Å². The fraction of sp³-hybridized carbons (Fsp3) is 0. The Morgan fingerprint density at radius 1 is 0.340 bits per heavy atom. The van der Waals surface area contributed by atoms with E-state index in [-0.39, 0.29) is 0 Å². The molecule has 0 amide bonds. The number of fused-ring (bicyclic) bond motifs is 2. The largest absolute Gasteiger partial charge is 0.317 e. The highest BCUT2D eigenvalue weighted by atomic mass is 15.1. The van der Waals surface area contributed by atoms with Crippen molar-refractivity contribution in [2.24, 2.45) is 0 Å². The van der Waals surface area contributed by atoms with Crippen molar-refractivity contribution < 1.29 is 0 Å². The van der Waals surface area contributed by atoms with Gasteiger partial charge in [0.25, 0.3) is 0 Å². The molecule has 0 aliphatic heterocycles. The van der Waals surface area contributed by atoms with Crippen molar-refractivity contribution in [2.75, 3.05) is 4.90 Å². The predicted molar refractivity (Wildman–Crippen MR) is 212 cm³/mol. The lowest BCUT2D eigenvalue weighted by atomic mass is 9.97. The molecule has 0 spiro atoms. The Morgan fingerprint density at radius 3 is 1.44 bits per heavy atom. The molecule has 236 valence electrons. The number of aromatic nitrogens is 1. The molecule has 0 aliphatic carbocycles. The molecule has 2 nitrogen and oxygen atoms in total. The summed E-state index contributed by atoms with van der Waals surface area (Å²) in [5.74, 6) is 0. The minimum Gasteiger partial charge on any atom is -0.317 e. The smallest absolute Gasteiger partial charge is 0.0546 e. The third-order valence-electron chi connectivity index (χ3n) is 9.62. The molecule has 8 aromatic carbocycles. The van der Waals surface area contributed by atoms with Crippen molar-refractivity contribution in [3.63, 3.8) is 0 Å². The first-order valence-electron chi connectivity index (χ1n) is 17.1. The molecule has 0 aliphatic rings. The number of anilines is 3. The monoisotopic (exact) mass is 638 g/mol. The summed E-state index contributed by atoms with van der Waals surface area (Å²) in [6.45, 7) is 0. The molecule has 0 atom stereocenters. The van der Waals surface area contributed by atoms with Gasteiger partial charge in [0.2, 0.25) is 0 Å². The number of benzene rings is 8. The summed E-state index contributed by atoms with van der Waals surface area (Å²) in [4.78, 5) is 2.40. The predicted octanol–water partition coefficient (Wildman–Crippen LogP) is 13.3. The van der Waals surface area contributed by atoms with Crippen LogP contribution in [0.4, 0.5) is 17.1 Å². The number of rotatable bonds is 7. The normalized spacial score (nSPS) is 11.2. The lowest BCUT2D eigenvalue weighted by Gasteiger charge is -2.28. The van der Waals surface area contributed by atoms with E-state index in [4.69, 9.17) is 0 Å². The Hall–Kier alpha value is -6.64. The Labute approximate surface area is 292 Å². The van der Waals surface area contributed by atoms with Crippen LogP contribution < -0.4 is 4.90 Å². The van der Waals surface area contributed by atoms with E-state index in [0.717, 1.165) is 22.7 Å². The number of para-hydroxylation sites is 1. The Bertz CT molecular complexity index is 2460. The minimum absolute atomic E-state index is 1.11. The van der Waals surface area contributed by atoms with Crippen LogP contribution in [0.3, 0.4) is 0 Å². The first kappa shape index (κ1) is 29.5. The molecule has 0 unspecified atom stereocenters. The second kappa shape index (κ2) is 12.8. The summed E-state index contributed by atoms with van der Waals surface area (Å²) >= 11 is 0. The molecule has 1 aromatic heterocycles. The molecule has 0 fully saturated rings. The Morgan fingerprint density at radius 2 is 0.820 bits per heavy atom. The molecule has 2 heteroatoms. The van der Waals surface area contributed by atoms with Crippen LogP contribution in [0.25, 0.3) is 60.7 Å². The average molecular weight is 639 g/mol. The van der Waals surface area contributed by atoms with Gasteiger partial charge in [0.15, 0.2) is 0 Å². The molecule has 50 heavy (non-hydrogen) atoms. The van der Waals surface area contributed by atoms with Gasteiger partial charge in [0, 0.05) is 28.6 Å². The highest BCUT2D eigenvalue weighted by Gasteiger charge is 2.18. The first-order chi connectivity index (χ1) is 24.8. The van der Waals surface area contributed by atoms with Crippen molar-refractivity contribution in [1.29, 1.82) is 0 Å². The highest BCUT2D eigenvalue weighted by molar-refractivity contribution is 6.02. The maximum absolute atomic E-state index is 2.40. The lowest BCUT2D eigenvalue weighted by molar-refractivity contribution is 1.13. The van der Waals surface area contributed by atoms with E-state index in [2.05, 4.69) is 216 Å². The molecular weight excluding hydrogens is 605 g/mol. The van der Waals surface area contributed by atoms with E-state index >= 15 is 0 Å². The second-order valence-corrected chi connectivity index (χ2v) is 12.7. The molecule has 9 rings (SSSR count).